The minimum absolute atomic E-state index is 0.162. The van der Waals surface area contributed by atoms with Crippen LogP contribution >= 0.6 is 0 Å². The monoisotopic (exact) mass is 235 g/mol. The zero-order valence-corrected chi connectivity index (χ0v) is 9.35. The summed E-state index contributed by atoms with van der Waals surface area (Å²) in [6, 6.07) is -0.462. The van der Waals surface area contributed by atoms with Gasteiger partial charge in [0.25, 0.3) is 0 Å². The molecule has 6 nitrogen and oxygen atoms in total. The predicted molar refractivity (Wildman–Crippen MR) is 57.0 cm³/mol. The van der Waals surface area contributed by atoms with E-state index in [0.29, 0.717) is 25.9 Å². The molecule has 0 radical (unpaired) electrons. The maximum atomic E-state index is 11.5. The van der Waals surface area contributed by atoms with E-state index in [-0.39, 0.29) is 5.75 Å². The summed E-state index contributed by atoms with van der Waals surface area (Å²) in [6.07, 6.45) is 2.02. The lowest BCUT2D eigenvalue weighted by molar-refractivity contribution is 0.239. The van der Waals surface area contributed by atoms with E-state index in [4.69, 9.17) is 5.73 Å². The Morgan fingerprint density at radius 3 is 2.73 bits per heavy atom. The maximum Gasteiger partial charge on any atom is 0.315 e. The van der Waals surface area contributed by atoms with Gasteiger partial charge in [-0.1, -0.05) is 0 Å². The van der Waals surface area contributed by atoms with Crippen LogP contribution in [0.15, 0.2) is 0 Å². The second-order valence-corrected chi connectivity index (χ2v) is 5.84. The fourth-order valence-electron chi connectivity index (χ4n) is 1.50. The molecule has 1 fully saturated rings. The van der Waals surface area contributed by atoms with E-state index in [1.165, 1.54) is 0 Å². The number of carbonyl (C=O) groups excluding carboxylic acids is 1. The lowest BCUT2D eigenvalue weighted by Gasteiger charge is -2.23. The second-order valence-electron chi connectivity index (χ2n) is 3.54. The molecule has 1 heterocycles. The first-order chi connectivity index (χ1) is 7.06. The number of amides is 2. The Morgan fingerprint density at radius 1 is 1.40 bits per heavy atom. The van der Waals surface area contributed by atoms with Crippen LogP contribution in [0.3, 0.4) is 0 Å². The third kappa shape index (κ3) is 3.67. The number of carbonyl (C=O) groups is 1. The summed E-state index contributed by atoms with van der Waals surface area (Å²) < 4.78 is 23.0. The largest absolute Gasteiger partial charge is 0.337 e. The third-order valence-electron chi connectivity index (χ3n) is 2.30. The molecule has 0 saturated carbocycles. The van der Waals surface area contributed by atoms with E-state index in [1.807, 2.05) is 0 Å². The van der Waals surface area contributed by atoms with E-state index >= 15 is 0 Å². The zero-order valence-electron chi connectivity index (χ0n) is 8.53. The Kier molecular flexibility index (Phi) is 4.34. The summed E-state index contributed by atoms with van der Waals surface area (Å²) in [5.74, 6) is 0.162. The molecule has 1 rings (SSSR count). The van der Waals surface area contributed by atoms with Crippen LogP contribution in [0, 0.1) is 0 Å². The van der Waals surface area contributed by atoms with Gasteiger partial charge in [-0.05, 0) is 19.3 Å². The number of hydrogen-bond donors (Lipinski definition) is 3. The maximum absolute atomic E-state index is 11.5. The Bertz CT molecular complexity index is 315. The van der Waals surface area contributed by atoms with Crippen molar-refractivity contribution in [1.29, 1.82) is 0 Å². The average molecular weight is 235 g/mol. The van der Waals surface area contributed by atoms with Crippen LogP contribution in [0.25, 0.3) is 0 Å². The van der Waals surface area contributed by atoms with Crippen molar-refractivity contribution in [2.24, 2.45) is 5.73 Å². The standard InChI is InChI=1S/C8H17N3O3S/c9-4-5-10-8(12)11-7-3-1-2-6-15(7,13)14/h7H,1-6,9H2,(H2,10,11,12). The molecule has 1 atom stereocenters. The summed E-state index contributed by atoms with van der Waals surface area (Å²) in [4.78, 5) is 11.2. The van der Waals surface area contributed by atoms with Crippen LogP contribution in [0.2, 0.25) is 0 Å². The average Bonchev–Trinajstić information content (AvgIpc) is 2.18. The second kappa shape index (κ2) is 5.32. The minimum atomic E-state index is -3.15. The molecule has 0 aromatic heterocycles. The molecule has 88 valence electrons. The fraction of sp³-hybridized carbons (Fsp3) is 0.875. The van der Waals surface area contributed by atoms with Gasteiger partial charge in [-0.15, -0.1) is 0 Å². The summed E-state index contributed by atoms with van der Waals surface area (Å²) in [5.41, 5.74) is 5.20. The summed E-state index contributed by atoms with van der Waals surface area (Å²) in [5, 5.41) is 4.20. The summed E-state index contributed by atoms with van der Waals surface area (Å²) >= 11 is 0. The number of nitrogens with one attached hydrogen (secondary N) is 2. The van der Waals surface area contributed by atoms with Crippen LogP contribution in [0.1, 0.15) is 19.3 Å². The molecule has 0 aromatic carbocycles. The Balaban J connectivity index is 2.46. The first kappa shape index (κ1) is 12.3. The van der Waals surface area contributed by atoms with E-state index in [1.54, 1.807) is 0 Å². The first-order valence-electron chi connectivity index (χ1n) is 5.02. The number of hydrogen-bond acceptors (Lipinski definition) is 4. The lowest BCUT2D eigenvalue weighted by atomic mass is 10.2. The Hall–Kier alpha value is -0.820. The molecule has 1 aliphatic rings. The van der Waals surface area contributed by atoms with Gasteiger partial charge in [0.1, 0.15) is 5.37 Å². The molecule has 2 amide bonds. The van der Waals surface area contributed by atoms with Crippen molar-refractivity contribution in [3.8, 4) is 0 Å². The van der Waals surface area contributed by atoms with Crippen LogP contribution in [0.4, 0.5) is 4.79 Å². The smallest absolute Gasteiger partial charge is 0.315 e. The third-order valence-corrected chi connectivity index (χ3v) is 4.38. The highest BCUT2D eigenvalue weighted by atomic mass is 32.2. The van der Waals surface area contributed by atoms with Crippen molar-refractivity contribution in [2.75, 3.05) is 18.8 Å². The van der Waals surface area contributed by atoms with E-state index in [2.05, 4.69) is 10.6 Å². The topological polar surface area (TPSA) is 101 Å². The van der Waals surface area contributed by atoms with Gasteiger partial charge in [0.05, 0.1) is 5.75 Å². The Morgan fingerprint density at radius 2 is 2.13 bits per heavy atom. The van der Waals surface area contributed by atoms with Gasteiger partial charge in [0, 0.05) is 13.1 Å². The molecule has 1 aliphatic heterocycles. The summed E-state index contributed by atoms with van der Waals surface area (Å²) in [6.45, 7) is 0.684. The molecule has 1 unspecified atom stereocenters. The molecule has 15 heavy (non-hydrogen) atoms. The van der Waals surface area contributed by atoms with Gasteiger partial charge >= 0.3 is 6.03 Å². The van der Waals surface area contributed by atoms with Crippen molar-refractivity contribution in [3.63, 3.8) is 0 Å². The van der Waals surface area contributed by atoms with Crippen molar-refractivity contribution < 1.29 is 13.2 Å². The number of rotatable bonds is 3. The quantitative estimate of drug-likeness (QED) is 0.594. The van der Waals surface area contributed by atoms with Crippen LogP contribution in [-0.2, 0) is 9.84 Å². The molecule has 0 spiro atoms. The molecule has 4 N–H and O–H groups in total. The molecule has 7 heteroatoms. The fourth-order valence-corrected chi connectivity index (χ4v) is 3.20. The molecule has 1 saturated heterocycles. The molecule has 0 bridgehead atoms. The zero-order chi connectivity index (χ0) is 11.3. The van der Waals surface area contributed by atoms with Crippen molar-refractivity contribution in [2.45, 2.75) is 24.6 Å². The van der Waals surface area contributed by atoms with E-state index in [0.717, 1.165) is 6.42 Å². The predicted octanol–water partition coefficient (Wildman–Crippen LogP) is -0.831. The van der Waals surface area contributed by atoms with Gasteiger partial charge < -0.3 is 16.4 Å². The molecule has 0 aromatic rings. The number of sulfone groups is 1. The number of urea groups is 1. The highest BCUT2D eigenvalue weighted by Gasteiger charge is 2.29. The molecular formula is C8H17N3O3S. The van der Waals surface area contributed by atoms with Crippen molar-refractivity contribution >= 4 is 15.9 Å². The summed E-state index contributed by atoms with van der Waals surface area (Å²) in [7, 11) is -3.15. The van der Waals surface area contributed by atoms with Crippen molar-refractivity contribution in [1.82, 2.24) is 10.6 Å². The highest BCUT2D eigenvalue weighted by molar-refractivity contribution is 7.92. The SMILES string of the molecule is NCCNC(=O)NC1CCCCS1(=O)=O. The van der Waals surface area contributed by atoms with Gasteiger partial charge in [0.2, 0.25) is 0 Å². The number of nitrogens with two attached hydrogens (primary N) is 1. The van der Waals surface area contributed by atoms with Gasteiger partial charge in [-0.25, -0.2) is 13.2 Å². The van der Waals surface area contributed by atoms with E-state index in [9.17, 15) is 13.2 Å². The van der Waals surface area contributed by atoms with Gasteiger partial charge in [-0.2, -0.15) is 0 Å². The van der Waals surface area contributed by atoms with Crippen molar-refractivity contribution in [3.05, 3.63) is 0 Å². The van der Waals surface area contributed by atoms with Gasteiger partial charge in [-0.3, -0.25) is 0 Å². The van der Waals surface area contributed by atoms with Crippen LogP contribution in [-0.4, -0.2) is 38.7 Å². The first-order valence-corrected chi connectivity index (χ1v) is 6.74. The highest BCUT2D eigenvalue weighted by Crippen LogP contribution is 2.16. The van der Waals surface area contributed by atoms with Crippen LogP contribution < -0.4 is 16.4 Å². The van der Waals surface area contributed by atoms with Crippen LogP contribution in [0.5, 0.6) is 0 Å². The molecule has 0 aliphatic carbocycles. The van der Waals surface area contributed by atoms with E-state index < -0.39 is 21.2 Å². The minimum Gasteiger partial charge on any atom is -0.337 e. The molecular weight excluding hydrogens is 218 g/mol. The van der Waals surface area contributed by atoms with Gasteiger partial charge in [0.15, 0.2) is 9.84 Å². The Labute approximate surface area is 89.5 Å². The normalized spacial score (nSPS) is 24.5. The lowest BCUT2D eigenvalue weighted by Crippen LogP contribution is -2.48.